The first kappa shape index (κ1) is 5.80. The summed E-state index contributed by atoms with van der Waals surface area (Å²) in [5.74, 6) is 0.694. The quantitative estimate of drug-likeness (QED) is 0.482. The molecule has 1 heteroatoms. The fourth-order valence-corrected chi connectivity index (χ4v) is 1.05. The normalized spacial score (nSPS) is 23.4. The first-order valence-electron chi connectivity index (χ1n) is 3.19. The molecule has 1 aliphatic carbocycles. The molecule has 0 radical (unpaired) electrons. The second kappa shape index (κ2) is 1.57. The van der Waals surface area contributed by atoms with E-state index in [1.54, 1.807) is 0 Å². The lowest BCUT2D eigenvalue weighted by Crippen LogP contribution is -2.12. The lowest BCUT2D eigenvalue weighted by molar-refractivity contribution is 0.484. The van der Waals surface area contributed by atoms with E-state index in [0.717, 1.165) is 0 Å². The van der Waals surface area contributed by atoms with Crippen LogP contribution in [0.5, 0.6) is 0 Å². The Morgan fingerprint density at radius 2 is 2.00 bits per heavy atom. The van der Waals surface area contributed by atoms with Gasteiger partial charge >= 0.3 is 0 Å². The molecule has 1 fully saturated rings. The highest BCUT2D eigenvalue weighted by Gasteiger charge is 2.44. The number of rotatable bonds is 2. The van der Waals surface area contributed by atoms with Gasteiger partial charge < -0.3 is 0 Å². The summed E-state index contributed by atoms with van der Waals surface area (Å²) < 4.78 is 0. The highest BCUT2D eigenvalue weighted by atomic mass is 14.9. The minimum atomic E-state index is 0.306. The molecule has 1 rings (SSSR count). The summed E-state index contributed by atoms with van der Waals surface area (Å²) in [6, 6.07) is 0. The highest BCUT2D eigenvalue weighted by Crippen LogP contribution is 2.45. The standard InChI is InChI=1S/C7H13N/c1-6(2)7(8-3)4-5-7/h6H,3-5H2,1-2H3. The van der Waals surface area contributed by atoms with E-state index in [1.165, 1.54) is 12.8 Å². The molecule has 0 aromatic heterocycles. The average molecular weight is 111 g/mol. The Labute approximate surface area is 50.8 Å². The largest absolute Gasteiger partial charge is 0.294 e. The van der Waals surface area contributed by atoms with E-state index in [-0.39, 0.29) is 0 Å². The van der Waals surface area contributed by atoms with Crippen LogP contribution >= 0.6 is 0 Å². The van der Waals surface area contributed by atoms with Crippen molar-refractivity contribution in [2.75, 3.05) is 0 Å². The van der Waals surface area contributed by atoms with Gasteiger partial charge in [0.1, 0.15) is 0 Å². The molecule has 0 heterocycles. The molecule has 46 valence electrons. The smallest absolute Gasteiger partial charge is 0.0625 e. The number of nitrogens with zero attached hydrogens (tertiary/aromatic N) is 1. The zero-order valence-corrected chi connectivity index (χ0v) is 5.65. The maximum Gasteiger partial charge on any atom is 0.0625 e. The van der Waals surface area contributed by atoms with Crippen molar-refractivity contribution in [3.63, 3.8) is 0 Å². The zero-order valence-electron chi connectivity index (χ0n) is 5.65. The van der Waals surface area contributed by atoms with Crippen molar-refractivity contribution in [1.82, 2.24) is 0 Å². The van der Waals surface area contributed by atoms with Crippen LogP contribution in [0.2, 0.25) is 0 Å². The van der Waals surface area contributed by atoms with Gasteiger partial charge in [-0.2, -0.15) is 0 Å². The molecule has 0 aliphatic heterocycles. The minimum absolute atomic E-state index is 0.306. The lowest BCUT2D eigenvalue weighted by Gasteiger charge is -2.11. The topological polar surface area (TPSA) is 12.4 Å². The molecule has 0 aromatic rings. The van der Waals surface area contributed by atoms with E-state index in [2.05, 4.69) is 25.6 Å². The van der Waals surface area contributed by atoms with Gasteiger partial charge in [0.25, 0.3) is 0 Å². The van der Waals surface area contributed by atoms with Crippen molar-refractivity contribution in [3.8, 4) is 0 Å². The van der Waals surface area contributed by atoms with Crippen molar-refractivity contribution < 1.29 is 0 Å². The molecule has 0 saturated heterocycles. The first-order chi connectivity index (χ1) is 3.71. The predicted molar refractivity (Wildman–Crippen MR) is 36.4 cm³/mol. The van der Waals surface area contributed by atoms with Crippen molar-refractivity contribution in [3.05, 3.63) is 0 Å². The summed E-state index contributed by atoms with van der Waals surface area (Å²) in [6.45, 7) is 7.99. The van der Waals surface area contributed by atoms with Gasteiger partial charge in [-0.15, -0.1) is 0 Å². The van der Waals surface area contributed by atoms with Crippen molar-refractivity contribution in [2.24, 2.45) is 10.9 Å². The molecule has 8 heavy (non-hydrogen) atoms. The van der Waals surface area contributed by atoms with Gasteiger partial charge in [-0.05, 0) is 25.5 Å². The van der Waals surface area contributed by atoms with Gasteiger partial charge in [0.2, 0.25) is 0 Å². The van der Waals surface area contributed by atoms with E-state index in [4.69, 9.17) is 0 Å². The lowest BCUT2D eigenvalue weighted by atomic mass is 10.0. The van der Waals surface area contributed by atoms with E-state index in [0.29, 0.717) is 11.5 Å². The van der Waals surface area contributed by atoms with Crippen LogP contribution in [-0.2, 0) is 0 Å². The third-order valence-electron chi connectivity index (χ3n) is 2.15. The third kappa shape index (κ3) is 0.662. The SMILES string of the molecule is C=NC1(C(C)C)CC1. The van der Waals surface area contributed by atoms with Gasteiger partial charge in [0, 0.05) is 0 Å². The minimum Gasteiger partial charge on any atom is -0.294 e. The summed E-state index contributed by atoms with van der Waals surface area (Å²) in [4.78, 5) is 4.08. The third-order valence-corrected chi connectivity index (χ3v) is 2.15. The molecule has 0 N–H and O–H groups in total. The Hall–Kier alpha value is -0.330. The van der Waals surface area contributed by atoms with Crippen LogP contribution in [-0.4, -0.2) is 12.3 Å². The van der Waals surface area contributed by atoms with Gasteiger partial charge in [-0.3, -0.25) is 4.99 Å². The first-order valence-corrected chi connectivity index (χ1v) is 3.19. The number of hydrogen-bond donors (Lipinski definition) is 0. The van der Waals surface area contributed by atoms with E-state index >= 15 is 0 Å². The molecule has 1 aliphatic rings. The van der Waals surface area contributed by atoms with Crippen LogP contribution in [0, 0.1) is 5.92 Å². The van der Waals surface area contributed by atoms with Crippen LogP contribution in [0.3, 0.4) is 0 Å². The maximum atomic E-state index is 4.08. The fraction of sp³-hybridized carbons (Fsp3) is 0.857. The van der Waals surface area contributed by atoms with Crippen LogP contribution < -0.4 is 0 Å². The predicted octanol–water partition coefficient (Wildman–Crippen LogP) is 1.88. The van der Waals surface area contributed by atoms with Crippen LogP contribution in [0.1, 0.15) is 26.7 Å². The molecule has 0 aromatic carbocycles. The summed E-state index contributed by atoms with van der Waals surface area (Å²) in [6.07, 6.45) is 2.52. The van der Waals surface area contributed by atoms with E-state index in [1.807, 2.05) is 0 Å². The number of hydrogen-bond acceptors (Lipinski definition) is 1. The number of aliphatic imine (C=N–C) groups is 1. The molecule has 0 spiro atoms. The fourth-order valence-electron chi connectivity index (χ4n) is 1.05. The summed E-state index contributed by atoms with van der Waals surface area (Å²) in [5, 5.41) is 0. The Morgan fingerprint density at radius 1 is 1.50 bits per heavy atom. The van der Waals surface area contributed by atoms with Crippen LogP contribution in [0.4, 0.5) is 0 Å². The van der Waals surface area contributed by atoms with Gasteiger partial charge in [0.05, 0.1) is 5.54 Å². The molecular formula is C7H13N. The molecule has 0 atom stereocenters. The molecule has 0 bridgehead atoms. The van der Waals surface area contributed by atoms with Crippen LogP contribution in [0.25, 0.3) is 0 Å². The molecule has 1 saturated carbocycles. The summed E-state index contributed by atoms with van der Waals surface area (Å²) in [5.41, 5.74) is 0.306. The molecule has 1 nitrogen and oxygen atoms in total. The van der Waals surface area contributed by atoms with Gasteiger partial charge in [0.15, 0.2) is 0 Å². The maximum absolute atomic E-state index is 4.08. The Balaban J connectivity index is 2.53. The van der Waals surface area contributed by atoms with Gasteiger partial charge in [-0.25, -0.2) is 0 Å². The monoisotopic (exact) mass is 111 g/mol. The summed E-state index contributed by atoms with van der Waals surface area (Å²) in [7, 11) is 0. The Kier molecular flexibility index (Phi) is 1.14. The van der Waals surface area contributed by atoms with E-state index in [9.17, 15) is 0 Å². The average Bonchev–Trinajstić information content (AvgIpc) is 2.44. The van der Waals surface area contributed by atoms with Gasteiger partial charge in [-0.1, -0.05) is 13.8 Å². The molecule has 0 amide bonds. The van der Waals surface area contributed by atoms with Crippen molar-refractivity contribution >= 4 is 6.72 Å². The second-order valence-corrected chi connectivity index (χ2v) is 2.92. The Bertz CT molecular complexity index is 101. The zero-order chi connectivity index (χ0) is 6.20. The van der Waals surface area contributed by atoms with Crippen LogP contribution in [0.15, 0.2) is 4.99 Å². The van der Waals surface area contributed by atoms with E-state index < -0.39 is 0 Å². The second-order valence-electron chi connectivity index (χ2n) is 2.92. The highest BCUT2D eigenvalue weighted by molar-refractivity contribution is 5.29. The van der Waals surface area contributed by atoms with Crippen molar-refractivity contribution in [1.29, 1.82) is 0 Å². The summed E-state index contributed by atoms with van der Waals surface area (Å²) >= 11 is 0. The Morgan fingerprint density at radius 3 is 2.00 bits per heavy atom. The van der Waals surface area contributed by atoms with Crippen molar-refractivity contribution in [2.45, 2.75) is 32.2 Å². The molecular weight excluding hydrogens is 98.1 g/mol. The molecule has 0 unspecified atom stereocenters.